The van der Waals surface area contributed by atoms with Gasteiger partial charge in [0.2, 0.25) is 0 Å². The van der Waals surface area contributed by atoms with E-state index in [0.29, 0.717) is 29.5 Å². The smallest absolute Gasteiger partial charge is 0.260 e. The Kier molecular flexibility index (Phi) is 6.31. The minimum atomic E-state index is -0.633. The number of aliphatic hydroxyl groups excluding tert-OH is 1. The van der Waals surface area contributed by atoms with Crippen molar-refractivity contribution in [2.24, 2.45) is 5.92 Å². The number of methoxy groups -OCH3 is 1. The molecule has 5 heteroatoms. The highest BCUT2D eigenvalue weighted by atomic mass is 16.5. The van der Waals surface area contributed by atoms with Crippen LogP contribution in [0.2, 0.25) is 0 Å². The molecule has 5 nitrogen and oxygen atoms in total. The molecule has 0 saturated heterocycles. The zero-order valence-corrected chi connectivity index (χ0v) is 12.5. The van der Waals surface area contributed by atoms with Gasteiger partial charge in [-0.25, -0.2) is 0 Å². The van der Waals surface area contributed by atoms with Crippen LogP contribution in [-0.2, 0) is 11.4 Å². The Morgan fingerprint density at radius 3 is 2.60 bits per heavy atom. The molecule has 1 aromatic carbocycles. The van der Waals surface area contributed by atoms with Gasteiger partial charge in [0.15, 0.2) is 6.10 Å². The summed E-state index contributed by atoms with van der Waals surface area (Å²) in [7, 11) is 1.55. The molecule has 20 heavy (non-hydrogen) atoms. The summed E-state index contributed by atoms with van der Waals surface area (Å²) in [5, 5.41) is 12.1. The summed E-state index contributed by atoms with van der Waals surface area (Å²) < 4.78 is 10.7. The molecule has 1 rings (SSSR count). The Labute approximate surface area is 119 Å². The number of amides is 1. The number of benzene rings is 1. The Balaban J connectivity index is 2.73. The fourth-order valence-corrected chi connectivity index (χ4v) is 1.59. The van der Waals surface area contributed by atoms with Gasteiger partial charge in [0.05, 0.1) is 13.7 Å². The van der Waals surface area contributed by atoms with Gasteiger partial charge in [0.25, 0.3) is 5.91 Å². The van der Waals surface area contributed by atoms with Crippen molar-refractivity contribution in [1.29, 1.82) is 0 Å². The Morgan fingerprint density at radius 1 is 1.35 bits per heavy atom. The second-order valence-electron chi connectivity index (χ2n) is 5.03. The van der Waals surface area contributed by atoms with Crippen LogP contribution in [0.4, 0.5) is 0 Å². The van der Waals surface area contributed by atoms with Crippen molar-refractivity contribution in [2.75, 3.05) is 13.7 Å². The number of carbonyl (C=O) groups is 1. The normalized spacial score (nSPS) is 12.1. The first-order valence-corrected chi connectivity index (χ1v) is 6.70. The fourth-order valence-electron chi connectivity index (χ4n) is 1.59. The van der Waals surface area contributed by atoms with Crippen LogP contribution >= 0.6 is 0 Å². The van der Waals surface area contributed by atoms with Gasteiger partial charge < -0.3 is 19.9 Å². The molecule has 0 saturated carbocycles. The summed E-state index contributed by atoms with van der Waals surface area (Å²) in [5.41, 5.74) is 0.620. The Hall–Kier alpha value is -1.75. The van der Waals surface area contributed by atoms with Gasteiger partial charge in [-0.2, -0.15) is 0 Å². The first-order chi connectivity index (χ1) is 9.47. The molecule has 0 bridgehead atoms. The number of rotatable bonds is 7. The number of aliphatic hydroxyl groups is 1. The molecule has 0 radical (unpaired) electrons. The van der Waals surface area contributed by atoms with Gasteiger partial charge in [0, 0.05) is 18.2 Å². The molecule has 0 spiro atoms. The lowest BCUT2D eigenvalue weighted by atomic mass is 10.2. The maximum absolute atomic E-state index is 11.9. The van der Waals surface area contributed by atoms with E-state index < -0.39 is 6.10 Å². The van der Waals surface area contributed by atoms with E-state index in [-0.39, 0.29) is 12.5 Å². The summed E-state index contributed by atoms with van der Waals surface area (Å²) in [6.07, 6.45) is -0.633. The summed E-state index contributed by atoms with van der Waals surface area (Å²) in [6.45, 7) is 6.18. The molecule has 0 aromatic heterocycles. The quantitative estimate of drug-likeness (QED) is 0.798. The van der Waals surface area contributed by atoms with Crippen LogP contribution in [0.1, 0.15) is 26.3 Å². The molecular weight excluding hydrogens is 258 g/mol. The van der Waals surface area contributed by atoms with Crippen LogP contribution in [0, 0.1) is 5.92 Å². The molecule has 1 atom stereocenters. The van der Waals surface area contributed by atoms with Crippen LogP contribution in [0.25, 0.3) is 0 Å². The lowest BCUT2D eigenvalue weighted by Gasteiger charge is -2.18. The summed E-state index contributed by atoms with van der Waals surface area (Å²) in [5.74, 6) is 1.28. The van der Waals surface area contributed by atoms with Crippen LogP contribution < -0.4 is 14.8 Å². The molecule has 112 valence electrons. The third-order valence-corrected chi connectivity index (χ3v) is 2.80. The second-order valence-corrected chi connectivity index (χ2v) is 5.03. The summed E-state index contributed by atoms with van der Waals surface area (Å²) in [6, 6.07) is 5.12. The van der Waals surface area contributed by atoms with Crippen molar-refractivity contribution >= 4 is 5.91 Å². The van der Waals surface area contributed by atoms with E-state index in [9.17, 15) is 9.90 Å². The molecule has 1 unspecified atom stereocenters. The Morgan fingerprint density at radius 2 is 2.05 bits per heavy atom. The van der Waals surface area contributed by atoms with Crippen molar-refractivity contribution in [2.45, 2.75) is 33.5 Å². The molecule has 1 amide bonds. The molecule has 0 fully saturated rings. The average Bonchev–Trinajstić information content (AvgIpc) is 2.44. The first-order valence-electron chi connectivity index (χ1n) is 6.70. The minimum absolute atomic E-state index is 0.153. The lowest BCUT2D eigenvalue weighted by molar-refractivity contribution is -0.127. The van der Waals surface area contributed by atoms with Crippen molar-refractivity contribution in [1.82, 2.24) is 5.32 Å². The number of nitrogens with one attached hydrogen (secondary N) is 1. The molecule has 0 heterocycles. The lowest BCUT2D eigenvalue weighted by Crippen LogP contribution is -2.38. The van der Waals surface area contributed by atoms with E-state index in [0.717, 1.165) is 0 Å². The topological polar surface area (TPSA) is 67.8 Å². The van der Waals surface area contributed by atoms with Crippen molar-refractivity contribution < 1.29 is 19.4 Å². The van der Waals surface area contributed by atoms with Gasteiger partial charge in [-0.3, -0.25) is 4.79 Å². The van der Waals surface area contributed by atoms with E-state index in [1.54, 1.807) is 32.2 Å². The van der Waals surface area contributed by atoms with Gasteiger partial charge in [-0.05, 0) is 25.0 Å². The summed E-state index contributed by atoms with van der Waals surface area (Å²) >= 11 is 0. The van der Waals surface area contributed by atoms with E-state index in [1.165, 1.54) is 0 Å². The predicted molar refractivity (Wildman–Crippen MR) is 76.9 cm³/mol. The highest BCUT2D eigenvalue weighted by molar-refractivity contribution is 5.80. The number of ether oxygens (including phenoxy) is 2. The van der Waals surface area contributed by atoms with Crippen LogP contribution in [0.5, 0.6) is 11.5 Å². The first kappa shape index (κ1) is 16.3. The largest absolute Gasteiger partial charge is 0.497 e. The highest BCUT2D eigenvalue weighted by Crippen LogP contribution is 2.25. The molecule has 2 N–H and O–H groups in total. The van der Waals surface area contributed by atoms with Crippen LogP contribution in [-0.4, -0.2) is 30.8 Å². The predicted octanol–water partition coefficient (Wildman–Crippen LogP) is 1.73. The zero-order valence-electron chi connectivity index (χ0n) is 12.5. The van der Waals surface area contributed by atoms with Crippen molar-refractivity contribution in [3.63, 3.8) is 0 Å². The van der Waals surface area contributed by atoms with E-state index in [4.69, 9.17) is 9.47 Å². The maximum Gasteiger partial charge on any atom is 0.260 e. The average molecular weight is 281 g/mol. The van der Waals surface area contributed by atoms with Crippen LogP contribution in [0.3, 0.4) is 0 Å². The molecule has 0 aliphatic heterocycles. The van der Waals surface area contributed by atoms with Crippen molar-refractivity contribution in [3.8, 4) is 11.5 Å². The van der Waals surface area contributed by atoms with E-state index in [1.807, 2.05) is 13.8 Å². The second kappa shape index (κ2) is 7.75. The number of hydrogen-bond acceptors (Lipinski definition) is 4. The number of hydrogen-bond donors (Lipinski definition) is 2. The number of carbonyl (C=O) groups excluding carboxylic acids is 1. The molecule has 0 aliphatic carbocycles. The summed E-state index contributed by atoms with van der Waals surface area (Å²) in [4.78, 5) is 11.9. The third kappa shape index (κ3) is 4.74. The molecule has 0 aliphatic rings. The Bertz CT molecular complexity index is 445. The third-order valence-electron chi connectivity index (χ3n) is 2.80. The highest BCUT2D eigenvalue weighted by Gasteiger charge is 2.16. The SMILES string of the molecule is COc1ccc(CO)c(OC(C)C(=O)NCC(C)C)c1. The molecular formula is C15H23NO4. The molecule has 1 aromatic rings. The van der Waals surface area contributed by atoms with E-state index in [2.05, 4.69) is 5.32 Å². The maximum atomic E-state index is 11.9. The standard InChI is InChI=1S/C15H23NO4/c1-10(2)8-16-15(18)11(3)20-14-7-13(19-4)6-5-12(14)9-17/h5-7,10-11,17H,8-9H2,1-4H3,(H,16,18). The monoisotopic (exact) mass is 281 g/mol. The van der Waals surface area contributed by atoms with E-state index >= 15 is 0 Å². The van der Waals surface area contributed by atoms with Gasteiger partial charge in [0.1, 0.15) is 11.5 Å². The van der Waals surface area contributed by atoms with Crippen molar-refractivity contribution in [3.05, 3.63) is 23.8 Å². The zero-order chi connectivity index (χ0) is 15.1. The minimum Gasteiger partial charge on any atom is -0.497 e. The van der Waals surface area contributed by atoms with Crippen LogP contribution in [0.15, 0.2) is 18.2 Å². The van der Waals surface area contributed by atoms with Gasteiger partial charge in [-0.1, -0.05) is 13.8 Å². The van der Waals surface area contributed by atoms with Gasteiger partial charge in [-0.15, -0.1) is 0 Å². The van der Waals surface area contributed by atoms with Gasteiger partial charge >= 0.3 is 0 Å². The fraction of sp³-hybridized carbons (Fsp3) is 0.533.